The largest absolute Gasteiger partial charge is 0.456 e. The highest BCUT2D eigenvalue weighted by Gasteiger charge is 2.16. The second-order valence-corrected chi connectivity index (χ2v) is 4.82. The minimum atomic E-state index is -0.394. The van der Waals surface area contributed by atoms with Crippen LogP contribution in [-0.4, -0.2) is 4.92 Å². The average molecular weight is 339 g/mol. The molecule has 2 aromatic carbocycles. The molecule has 0 radical (unpaired) electrons. The number of benzene rings is 2. The lowest BCUT2D eigenvalue weighted by molar-refractivity contribution is -0.385. The van der Waals surface area contributed by atoms with Crippen LogP contribution in [0.3, 0.4) is 0 Å². The Morgan fingerprint density at radius 2 is 1.88 bits per heavy atom. The number of furan rings is 1. The van der Waals surface area contributed by atoms with E-state index in [0.29, 0.717) is 9.15 Å². The summed E-state index contributed by atoms with van der Waals surface area (Å²) in [5.41, 5.74) is 1.38. The van der Waals surface area contributed by atoms with E-state index < -0.39 is 4.92 Å². The van der Waals surface area contributed by atoms with Gasteiger partial charge in [-0.15, -0.1) is 0 Å². The highest BCUT2D eigenvalue weighted by Crippen LogP contribution is 2.33. The number of halogens is 1. The van der Waals surface area contributed by atoms with E-state index >= 15 is 0 Å². The minimum absolute atomic E-state index is 0.0807. The third kappa shape index (κ3) is 1.57. The maximum Gasteiger partial charge on any atom is 0.286 e. The maximum absolute atomic E-state index is 10.8. The molecule has 3 rings (SSSR count). The summed E-state index contributed by atoms with van der Waals surface area (Å²) in [6.45, 7) is 0. The molecule has 5 heteroatoms. The highest BCUT2D eigenvalue weighted by molar-refractivity contribution is 14.1. The fraction of sp³-hybridized carbons (Fsp3) is 0. The van der Waals surface area contributed by atoms with Crippen molar-refractivity contribution in [2.75, 3.05) is 0 Å². The number of para-hydroxylation sites is 1. The lowest BCUT2D eigenvalue weighted by Gasteiger charge is -1.95. The Morgan fingerprint density at radius 1 is 1.12 bits per heavy atom. The van der Waals surface area contributed by atoms with E-state index in [1.165, 1.54) is 6.07 Å². The molecule has 0 saturated heterocycles. The Bertz CT molecular complexity index is 748. The third-order valence-corrected chi connectivity index (χ3v) is 3.51. The Hall–Kier alpha value is -1.63. The molecule has 84 valence electrons. The minimum Gasteiger partial charge on any atom is -0.456 e. The molecular formula is C12H6INO3. The van der Waals surface area contributed by atoms with Gasteiger partial charge in [0, 0.05) is 10.8 Å². The monoisotopic (exact) mass is 339 g/mol. The first kappa shape index (κ1) is 10.5. The van der Waals surface area contributed by atoms with Crippen molar-refractivity contribution in [3.63, 3.8) is 0 Å². The first-order valence-corrected chi connectivity index (χ1v) is 6.00. The second-order valence-electron chi connectivity index (χ2n) is 3.66. The molecule has 0 unspecified atom stereocenters. The molecule has 0 spiro atoms. The standard InChI is InChI=1S/C12H6INO3/c13-9-5-8-7-3-1-2-4-11(7)17-12(8)6-10(9)14(15)16/h1-6H. The average Bonchev–Trinajstić information content (AvgIpc) is 2.65. The van der Waals surface area contributed by atoms with Crippen LogP contribution in [-0.2, 0) is 0 Å². The summed E-state index contributed by atoms with van der Waals surface area (Å²) in [5, 5.41) is 12.7. The van der Waals surface area contributed by atoms with E-state index in [1.54, 1.807) is 6.07 Å². The third-order valence-electron chi connectivity index (χ3n) is 2.64. The number of nitrogens with zero attached hydrogens (tertiary/aromatic N) is 1. The number of hydrogen-bond donors (Lipinski definition) is 0. The van der Waals surface area contributed by atoms with Crippen LogP contribution in [0.25, 0.3) is 21.9 Å². The molecule has 0 bridgehead atoms. The van der Waals surface area contributed by atoms with E-state index in [9.17, 15) is 10.1 Å². The van der Waals surface area contributed by atoms with Crippen molar-refractivity contribution in [3.8, 4) is 0 Å². The van der Waals surface area contributed by atoms with E-state index in [2.05, 4.69) is 0 Å². The molecule has 0 saturated carbocycles. The smallest absolute Gasteiger partial charge is 0.286 e. The number of fused-ring (bicyclic) bond motifs is 3. The first-order valence-electron chi connectivity index (χ1n) is 4.92. The molecule has 0 aliphatic carbocycles. The summed E-state index contributed by atoms with van der Waals surface area (Å²) in [4.78, 5) is 10.4. The van der Waals surface area contributed by atoms with Crippen molar-refractivity contribution in [3.05, 3.63) is 50.1 Å². The summed E-state index contributed by atoms with van der Waals surface area (Å²) >= 11 is 1.97. The van der Waals surface area contributed by atoms with Crippen LogP contribution in [0.1, 0.15) is 0 Å². The molecule has 3 aromatic rings. The molecule has 0 aliphatic heterocycles. The van der Waals surface area contributed by atoms with Gasteiger partial charge >= 0.3 is 0 Å². The molecule has 1 aromatic heterocycles. The Labute approximate surface area is 110 Å². The Morgan fingerprint density at radius 3 is 2.65 bits per heavy atom. The van der Waals surface area contributed by atoms with Gasteiger partial charge in [0.15, 0.2) is 0 Å². The van der Waals surface area contributed by atoms with Gasteiger partial charge in [0.2, 0.25) is 0 Å². The van der Waals surface area contributed by atoms with Crippen LogP contribution in [0.15, 0.2) is 40.8 Å². The highest BCUT2D eigenvalue weighted by atomic mass is 127. The van der Waals surface area contributed by atoms with Crippen LogP contribution in [0.2, 0.25) is 0 Å². The Balaban J connectivity index is 2.46. The van der Waals surface area contributed by atoms with E-state index in [4.69, 9.17) is 4.42 Å². The van der Waals surface area contributed by atoms with Gasteiger partial charge in [-0.25, -0.2) is 0 Å². The van der Waals surface area contributed by atoms with Crippen LogP contribution in [0.4, 0.5) is 5.69 Å². The molecule has 0 fully saturated rings. The quantitative estimate of drug-likeness (QED) is 0.381. The normalized spacial score (nSPS) is 11.1. The summed E-state index contributed by atoms with van der Waals surface area (Å²) in [5.74, 6) is 0. The Kier molecular flexibility index (Phi) is 2.29. The van der Waals surface area contributed by atoms with Crippen LogP contribution in [0, 0.1) is 13.7 Å². The van der Waals surface area contributed by atoms with Gasteiger partial charge in [-0.1, -0.05) is 18.2 Å². The van der Waals surface area contributed by atoms with E-state index in [-0.39, 0.29) is 5.69 Å². The van der Waals surface area contributed by atoms with Gasteiger partial charge in [0.25, 0.3) is 5.69 Å². The van der Waals surface area contributed by atoms with Crippen molar-refractivity contribution in [1.29, 1.82) is 0 Å². The molecule has 4 nitrogen and oxygen atoms in total. The fourth-order valence-electron chi connectivity index (χ4n) is 1.87. The SMILES string of the molecule is O=[N+]([O-])c1cc2oc3ccccc3c2cc1I. The molecule has 0 aliphatic rings. The van der Waals surface area contributed by atoms with Gasteiger partial charge in [-0.3, -0.25) is 10.1 Å². The van der Waals surface area contributed by atoms with E-state index in [0.717, 1.165) is 16.4 Å². The van der Waals surface area contributed by atoms with Crippen molar-refractivity contribution in [2.45, 2.75) is 0 Å². The first-order chi connectivity index (χ1) is 8.16. The fourth-order valence-corrected chi connectivity index (χ4v) is 2.54. The van der Waals surface area contributed by atoms with Crippen molar-refractivity contribution in [2.24, 2.45) is 0 Å². The van der Waals surface area contributed by atoms with Crippen molar-refractivity contribution in [1.82, 2.24) is 0 Å². The predicted octanol–water partition coefficient (Wildman–Crippen LogP) is 4.10. The van der Waals surface area contributed by atoms with E-state index in [1.807, 2.05) is 46.9 Å². The van der Waals surface area contributed by atoms with Crippen LogP contribution < -0.4 is 0 Å². The molecule has 0 atom stereocenters. The summed E-state index contributed by atoms with van der Waals surface area (Å²) in [6.07, 6.45) is 0. The molecular weight excluding hydrogens is 333 g/mol. The van der Waals surface area contributed by atoms with Crippen molar-refractivity contribution < 1.29 is 9.34 Å². The number of nitro benzene ring substituents is 1. The molecule has 0 amide bonds. The topological polar surface area (TPSA) is 56.3 Å². The van der Waals surface area contributed by atoms with Gasteiger partial charge in [-0.05, 0) is 34.7 Å². The second kappa shape index (κ2) is 3.69. The summed E-state index contributed by atoms with van der Waals surface area (Å²) in [7, 11) is 0. The lowest BCUT2D eigenvalue weighted by atomic mass is 10.1. The summed E-state index contributed by atoms with van der Waals surface area (Å²) < 4.78 is 6.21. The molecule has 1 heterocycles. The zero-order valence-electron chi connectivity index (χ0n) is 8.51. The maximum atomic E-state index is 10.8. The number of nitro groups is 1. The zero-order chi connectivity index (χ0) is 12.0. The molecule has 0 N–H and O–H groups in total. The van der Waals surface area contributed by atoms with Gasteiger partial charge in [0.1, 0.15) is 11.2 Å². The number of rotatable bonds is 1. The number of hydrogen-bond acceptors (Lipinski definition) is 3. The summed E-state index contributed by atoms with van der Waals surface area (Å²) in [6, 6.07) is 10.9. The lowest BCUT2D eigenvalue weighted by Crippen LogP contribution is -1.90. The van der Waals surface area contributed by atoms with Crippen molar-refractivity contribution >= 4 is 50.2 Å². The predicted molar refractivity (Wildman–Crippen MR) is 73.1 cm³/mol. The van der Waals surface area contributed by atoms with Crippen LogP contribution in [0.5, 0.6) is 0 Å². The van der Waals surface area contributed by atoms with Gasteiger partial charge < -0.3 is 4.42 Å². The van der Waals surface area contributed by atoms with Gasteiger partial charge in [-0.2, -0.15) is 0 Å². The molecule has 17 heavy (non-hydrogen) atoms. The van der Waals surface area contributed by atoms with Gasteiger partial charge in [0.05, 0.1) is 14.6 Å². The van der Waals surface area contributed by atoms with Crippen LogP contribution >= 0.6 is 22.6 Å². The zero-order valence-corrected chi connectivity index (χ0v) is 10.7.